The summed E-state index contributed by atoms with van der Waals surface area (Å²) in [7, 11) is -6.97. The average molecular weight is 543 g/mol. The molecule has 0 radical (unpaired) electrons. The highest BCUT2D eigenvalue weighted by Gasteiger charge is 2.57. The third-order valence-electron chi connectivity index (χ3n) is 5.91. The van der Waals surface area contributed by atoms with Crippen LogP contribution in [0.2, 0.25) is 0 Å². The highest BCUT2D eigenvalue weighted by atomic mass is 32.2. The zero-order valence-corrected chi connectivity index (χ0v) is 22.2. The Balaban J connectivity index is 1.56. The molecule has 0 amide bonds. The number of methoxy groups -OCH3 is 1. The van der Waals surface area contributed by atoms with Crippen LogP contribution in [0.5, 0.6) is 0 Å². The second-order valence-electron chi connectivity index (χ2n) is 9.22. The van der Waals surface area contributed by atoms with Crippen molar-refractivity contribution in [1.29, 1.82) is 0 Å². The van der Waals surface area contributed by atoms with E-state index in [0.717, 1.165) is 11.1 Å². The van der Waals surface area contributed by atoms with E-state index in [-0.39, 0.29) is 9.79 Å². The Morgan fingerprint density at radius 3 is 1.83 bits per heavy atom. The molecule has 0 spiro atoms. The molecule has 12 heteroatoms. The lowest BCUT2D eigenvalue weighted by molar-refractivity contribution is -0.266. The van der Waals surface area contributed by atoms with Gasteiger partial charge in [0.1, 0.15) is 18.3 Å². The Labute approximate surface area is 211 Å². The first-order valence-electron chi connectivity index (χ1n) is 11.3. The van der Waals surface area contributed by atoms with E-state index in [1.807, 2.05) is 13.8 Å². The van der Waals surface area contributed by atoms with Crippen molar-refractivity contribution in [3.8, 4) is 0 Å². The lowest BCUT2D eigenvalue weighted by atomic mass is 9.99. The third-order valence-corrected chi connectivity index (χ3v) is 8.53. The van der Waals surface area contributed by atoms with Crippen molar-refractivity contribution < 1.29 is 44.1 Å². The van der Waals surface area contributed by atoms with Crippen LogP contribution in [-0.4, -0.2) is 67.0 Å². The number of ether oxygens (including phenoxy) is 4. The summed E-state index contributed by atoms with van der Waals surface area (Å²) in [6.07, 6.45) is -5.23. The second kappa shape index (κ2) is 10.1. The van der Waals surface area contributed by atoms with Gasteiger partial charge in [-0.25, -0.2) is 0 Å². The van der Waals surface area contributed by atoms with Crippen molar-refractivity contribution in [2.24, 2.45) is 0 Å². The van der Waals surface area contributed by atoms with Crippen molar-refractivity contribution in [3.63, 3.8) is 0 Å². The monoisotopic (exact) mass is 542 g/mol. The van der Waals surface area contributed by atoms with Crippen LogP contribution in [0.25, 0.3) is 0 Å². The maximum Gasteiger partial charge on any atom is 0.297 e. The van der Waals surface area contributed by atoms with Crippen molar-refractivity contribution in [2.75, 3.05) is 13.7 Å². The van der Waals surface area contributed by atoms with Crippen molar-refractivity contribution >= 4 is 20.2 Å². The molecule has 0 N–H and O–H groups in total. The van der Waals surface area contributed by atoms with E-state index in [1.165, 1.54) is 31.4 Å². The molecule has 2 saturated heterocycles. The van der Waals surface area contributed by atoms with Gasteiger partial charge in [0.2, 0.25) is 0 Å². The fourth-order valence-electron chi connectivity index (χ4n) is 4.10. The summed E-state index contributed by atoms with van der Waals surface area (Å²) in [5, 5.41) is 0. The minimum absolute atomic E-state index is 0.00178. The Bertz CT molecular complexity index is 1270. The lowest BCUT2D eigenvalue weighted by Crippen LogP contribution is -2.59. The molecular formula is C24H30O10S2. The third kappa shape index (κ3) is 5.81. The number of hydrogen-bond donors (Lipinski definition) is 0. The van der Waals surface area contributed by atoms with E-state index in [1.54, 1.807) is 38.1 Å². The molecule has 0 aromatic heterocycles. The Kier molecular flexibility index (Phi) is 7.62. The molecule has 36 heavy (non-hydrogen) atoms. The average Bonchev–Trinajstić information content (AvgIpc) is 3.14. The molecule has 2 aliphatic heterocycles. The molecule has 0 bridgehead atoms. The first-order chi connectivity index (χ1) is 16.8. The molecule has 2 aromatic carbocycles. The molecular weight excluding hydrogens is 512 g/mol. The largest absolute Gasteiger partial charge is 0.353 e. The minimum Gasteiger partial charge on any atom is -0.353 e. The van der Waals surface area contributed by atoms with Gasteiger partial charge >= 0.3 is 0 Å². The van der Waals surface area contributed by atoms with Gasteiger partial charge in [-0.05, 0) is 52.0 Å². The molecule has 5 atom stereocenters. The summed E-state index contributed by atoms with van der Waals surface area (Å²) in [4.78, 5) is -0.0367. The highest BCUT2D eigenvalue weighted by molar-refractivity contribution is 7.87. The van der Waals surface area contributed by atoms with E-state index in [0.29, 0.717) is 0 Å². The Morgan fingerprint density at radius 2 is 1.31 bits per heavy atom. The number of fused-ring (bicyclic) bond motifs is 1. The van der Waals surface area contributed by atoms with Gasteiger partial charge in [-0.3, -0.25) is 8.37 Å². The Morgan fingerprint density at radius 1 is 0.806 bits per heavy atom. The van der Waals surface area contributed by atoms with E-state index in [4.69, 9.17) is 27.3 Å². The topological polar surface area (TPSA) is 124 Å². The highest BCUT2D eigenvalue weighted by Crippen LogP contribution is 2.40. The molecule has 2 heterocycles. The molecule has 2 aromatic rings. The van der Waals surface area contributed by atoms with E-state index in [2.05, 4.69) is 0 Å². The van der Waals surface area contributed by atoms with Gasteiger partial charge in [0, 0.05) is 7.11 Å². The van der Waals surface area contributed by atoms with Gasteiger partial charge in [0.15, 0.2) is 18.2 Å². The van der Waals surface area contributed by atoms with Gasteiger partial charge in [-0.2, -0.15) is 16.8 Å². The van der Waals surface area contributed by atoms with Gasteiger partial charge < -0.3 is 18.9 Å². The van der Waals surface area contributed by atoms with Crippen LogP contribution >= 0.6 is 0 Å². The molecule has 2 aliphatic rings. The summed E-state index contributed by atoms with van der Waals surface area (Å²) in [6.45, 7) is 6.58. The number of benzene rings is 2. The fourth-order valence-corrected chi connectivity index (χ4v) is 6.09. The molecule has 198 valence electrons. The first kappa shape index (κ1) is 27.1. The van der Waals surface area contributed by atoms with Crippen LogP contribution < -0.4 is 0 Å². The first-order valence-corrected chi connectivity index (χ1v) is 14.1. The van der Waals surface area contributed by atoms with Crippen LogP contribution in [0.3, 0.4) is 0 Å². The molecule has 10 nitrogen and oxygen atoms in total. The van der Waals surface area contributed by atoms with Crippen LogP contribution in [0.4, 0.5) is 0 Å². The molecule has 0 saturated carbocycles. The predicted octanol–water partition coefficient (Wildman–Crippen LogP) is 2.67. The molecule has 0 unspecified atom stereocenters. The van der Waals surface area contributed by atoms with Gasteiger partial charge in [0.25, 0.3) is 20.2 Å². The van der Waals surface area contributed by atoms with Gasteiger partial charge in [-0.15, -0.1) is 0 Å². The van der Waals surface area contributed by atoms with Crippen LogP contribution in [0.1, 0.15) is 25.0 Å². The number of hydrogen-bond acceptors (Lipinski definition) is 10. The lowest BCUT2D eigenvalue weighted by Gasteiger charge is -2.40. The van der Waals surface area contributed by atoms with Gasteiger partial charge in [0.05, 0.1) is 16.4 Å². The van der Waals surface area contributed by atoms with E-state index in [9.17, 15) is 16.8 Å². The Hall–Kier alpha value is -1.90. The number of aryl methyl sites for hydroxylation is 2. The maximum atomic E-state index is 13.0. The molecule has 2 fully saturated rings. The quantitative estimate of drug-likeness (QED) is 0.460. The van der Waals surface area contributed by atoms with Crippen molar-refractivity contribution in [2.45, 2.75) is 74.0 Å². The zero-order chi connectivity index (χ0) is 26.3. The molecule has 4 rings (SSSR count). The number of rotatable bonds is 8. The fraction of sp³-hybridized carbons (Fsp3) is 0.500. The minimum atomic E-state index is -4.21. The molecule has 0 aliphatic carbocycles. The summed E-state index contributed by atoms with van der Waals surface area (Å²) in [5.74, 6) is -1.12. The standard InChI is InChI=1S/C24H30O10S2/c1-15-6-10-17(11-7-15)35(25,26)30-14-19-20-21(33-24(3,4)32-20)22(23(29-5)31-19)34-36(27,28)18-12-8-16(2)9-13-18/h6-13,19-23H,14H2,1-5H3/t19-,20+,21+,22-,23+/m1/s1. The zero-order valence-electron chi connectivity index (χ0n) is 20.6. The summed E-state index contributed by atoms with van der Waals surface area (Å²) >= 11 is 0. The normalized spacial score (nSPS) is 28.1. The van der Waals surface area contributed by atoms with E-state index >= 15 is 0 Å². The summed E-state index contributed by atoms with van der Waals surface area (Å²) < 4.78 is 85.5. The second-order valence-corrected chi connectivity index (χ2v) is 12.4. The van der Waals surface area contributed by atoms with Crippen LogP contribution in [0, 0.1) is 13.8 Å². The predicted molar refractivity (Wildman–Crippen MR) is 127 cm³/mol. The SMILES string of the molecule is CO[C@H]1O[C@H](COS(=O)(=O)c2ccc(C)cc2)[C@@H]2OC(C)(C)O[C@@H]2[C@H]1OS(=O)(=O)c1ccc(C)cc1. The van der Waals surface area contributed by atoms with Crippen LogP contribution in [0.15, 0.2) is 58.3 Å². The van der Waals surface area contributed by atoms with Gasteiger partial charge in [-0.1, -0.05) is 35.4 Å². The van der Waals surface area contributed by atoms with Crippen LogP contribution in [-0.2, 0) is 47.5 Å². The van der Waals surface area contributed by atoms with E-state index < -0.39 is 63.3 Å². The maximum absolute atomic E-state index is 13.0. The van der Waals surface area contributed by atoms with Crippen molar-refractivity contribution in [1.82, 2.24) is 0 Å². The summed E-state index contributed by atoms with van der Waals surface area (Å²) in [6, 6.07) is 12.4. The van der Waals surface area contributed by atoms with Crippen molar-refractivity contribution in [3.05, 3.63) is 59.7 Å². The smallest absolute Gasteiger partial charge is 0.297 e. The summed E-state index contributed by atoms with van der Waals surface area (Å²) in [5.41, 5.74) is 1.79.